The van der Waals surface area contributed by atoms with Crippen molar-refractivity contribution in [3.8, 4) is 11.5 Å². The molecular formula is C25H28BrNO4. The molecule has 1 saturated carbocycles. The van der Waals surface area contributed by atoms with Crippen molar-refractivity contribution in [2.45, 2.75) is 51.4 Å². The summed E-state index contributed by atoms with van der Waals surface area (Å²) in [5, 5.41) is 12.0. The van der Waals surface area contributed by atoms with Gasteiger partial charge < -0.3 is 15.2 Å². The molecule has 0 saturated heterocycles. The van der Waals surface area contributed by atoms with Crippen molar-refractivity contribution in [2.24, 2.45) is 5.92 Å². The minimum atomic E-state index is -1.16. The van der Waals surface area contributed by atoms with Gasteiger partial charge in [-0.05, 0) is 70.6 Å². The smallest absolute Gasteiger partial charge is 0.352 e. The lowest BCUT2D eigenvalue weighted by molar-refractivity contribution is -0.134. The molecule has 0 radical (unpaired) electrons. The van der Waals surface area contributed by atoms with E-state index in [4.69, 9.17) is 4.74 Å². The lowest BCUT2D eigenvalue weighted by Gasteiger charge is -2.21. The fourth-order valence-corrected chi connectivity index (χ4v) is 4.21. The van der Waals surface area contributed by atoms with E-state index in [0.29, 0.717) is 29.4 Å². The van der Waals surface area contributed by atoms with E-state index in [2.05, 4.69) is 21.2 Å². The molecule has 164 valence electrons. The summed E-state index contributed by atoms with van der Waals surface area (Å²) in [5.74, 6) is 0.631. The van der Waals surface area contributed by atoms with Gasteiger partial charge in [0, 0.05) is 6.42 Å². The maximum Gasteiger partial charge on any atom is 0.352 e. The van der Waals surface area contributed by atoms with Crippen LogP contribution in [0.25, 0.3) is 6.08 Å². The summed E-state index contributed by atoms with van der Waals surface area (Å²) in [6, 6.07) is 14.6. The van der Waals surface area contributed by atoms with Crippen molar-refractivity contribution < 1.29 is 19.4 Å². The van der Waals surface area contributed by atoms with Gasteiger partial charge in [-0.25, -0.2) is 4.79 Å². The van der Waals surface area contributed by atoms with Crippen LogP contribution in [0.2, 0.25) is 0 Å². The first-order valence-electron chi connectivity index (χ1n) is 10.8. The number of hydrogen-bond donors (Lipinski definition) is 2. The van der Waals surface area contributed by atoms with Crippen molar-refractivity contribution in [2.75, 3.05) is 0 Å². The number of hydrogen-bond acceptors (Lipinski definition) is 3. The van der Waals surface area contributed by atoms with Crippen molar-refractivity contribution in [3.05, 3.63) is 64.3 Å². The average Bonchev–Trinajstić information content (AvgIpc) is 2.77. The normalized spacial score (nSPS) is 14.8. The van der Waals surface area contributed by atoms with Crippen LogP contribution in [0.5, 0.6) is 11.5 Å². The van der Waals surface area contributed by atoms with Crippen molar-refractivity contribution in [1.29, 1.82) is 0 Å². The first-order chi connectivity index (χ1) is 15.0. The Hall–Kier alpha value is -2.60. The second-order valence-electron chi connectivity index (χ2n) is 7.91. The molecular weight excluding hydrogens is 458 g/mol. The number of para-hydroxylation sites is 1. The van der Waals surface area contributed by atoms with E-state index in [1.165, 1.54) is 38.2 Å². The van der Waals surface area contributed by atoms with Crippen LogP contribution in [0.3, 0.4) is 0 Å². The second kappa shape index (κ2) is 11.7. The lowest BCUT2D eigenvalue weighted by Crippen LogP contribution is -2.27. The Bertz CT molecular complexity index is 917. The minimum absolute atomic E-state index is 0.123. The summed E-state index contributed by atoms with van der Waals surface area (Å²) in [4.78, 5) is 23.8. The number of ether oxygens (including phenoxy) is 1. The highest BCUT2D eigenvalue weighted by molar-refractivity contribution is 9.10. The van der Waals surface area contributed by atoms with Crippen LogP contribution in [-0.4, -0.2) is 17.0 Å². The van der Waals surface area contributed by atoms with Gasteiger partial charge in [-0.15, -0.1) is 0 Å². The maximum absolute atomic E-state index is 12.2. The molecule has 2 aromatic carbocycles. The SMILES string of the molecule is O=C(CCCC1CCCCC1)N/C(=C/c1ccc(Oc2ccccc2Br)cc1)C(=O)O. The van der Waals surface area contributed by atoms with E-state index in [0.717, 1.165) is 17.3 Å². The van der Waals surface area contributed by atoms with E-state index in [1.807, 2.05) is 24.3 Å². The molecule has 2 N–H and O–H groups in total. The van der Waals surface area contributed by atoms with E-state index in [-0.39, 0.29) is 11.6 Å². The molecule has 0 bridgehead atoms. The first kappa shape index (κ1) is 23.1. The number of rotatable bonds is 9. The van der Waals surface area contributed by atoms with Crippen molar-refractivity contribution in [3.63, 3.8) is 0 Å². The Kier molecular flexibility index (Phi) is 8.71. The lowest BCUT2D eigenvalue weighted by atomic mass is 9.86. The second-order valence-corrected chi connectivity index (χ2v) is 8.76. The van der Waals surface area contributed by atoms with Gasteiger partial charge in [0.2, 0.25) is 5.91 Å². The van der Waals surface area contributed by atoms with Crippen LogP contribution in [0.15, 0.2) is 58.7 Å². The van der Waals surface area contributed by atoms with Gasteiger partial charge in [0.05, 0.1) is 4.47 Å². The van der Waals surface area contributed by atoms with Crippen molar-refractivity contribution in [1.82, 2.24) is 5.32 Å². The van der Waals surface area contributed by atoms with Crippen LogP contribution in [0, 0.1) is 5.92 Å². The van der Waals surface area contributed by atoms with Gasteiger partial charge in [0.1, 0.15) is 17.2 Å². The molecule has 6 heteroatoms. The molecule has 0 unspecified atom stereocenters. The topological polar surface area (TPSA) is 75.6 Å². The molecule has 1 aliphatic rings. The van der Waals surface area contributed by atoms with Gasteiger partial charge in [-0.1, -0.05) is 56.4 Å². The van der Waals surface area contributed by atoms with Crippen LogP contribution < -0.4 is 10.1 Å². The molecule has 1 aliphatic carbocycles. The number of carboxylic acid groups (broad SMARTS) is 1. The molecule has 2 aromatic rings. The molecule has 31 heavy (non-hydrogen) atoms. The van der Waals surface area contributed by atoms with Crippen LogP contribution in [0.1, 0.15) is 56.9 Å². The van der Waals surface area contributed by atoms with E-state index in [1.54, 1.807) is 24.3 Å². The fourth-order valence-electron chi connectivity index (χ4n) is 3.84. The zero-order chi connectivity index (χ0) is 22.1. The summed E-state index contributed by atoms with van der Waals surface area (Å²) in [6.45, 7) is 0. The quantitative estimate of drug-likeness (QED) is 0.395. The molecule has 0 atom stereocenters. The third kappa shape index (κ3) is 7.55. The van der Waals surface area contributed by atoms with Gasteiger partial charge in [-0.2, -0.15) is 0 Å². The number of carbonyl (C=O) groups excluding carboxylic acids is 1. The summed E-state index contributed by atoms with van der Waals surface area (Å²) in [5.41, 5.74) is 0.543. The summed E-state index contributed by atoms with van der Waals surface area (Å²) >= 11 is 3.44. The average molecular weight is 486 g/mol. The zero-order valence-corrected chi connectivity index (χ0v) is 19.1. The molecule has 0 heterocycles. The molecule has 5 nitrogen and oxygen atoms in total. The van der Waals surface area contributed by atoms with Gasteiger partial charge in [-0.3, -0.25) is 4.79 Å². The monoisotopic (exact) mass is 485 g/mol. The largest absolute Gasteiger partial charge is 0.477 e. The Morgan fingerprint density at radius 3 is 2.45 bits per heavy atom. The third-order valence-corrected chi connectivity index (χ3v) is 6.16. The third-order valence-electron chi connectivity index (χ3n) is 5.50. The molecule has 3 rings (SSSR count). The number of carboxylic acids is 1. The highest BCUT2D eigenvalue weighted by atomic mass is 79.9. The molecule has 0 aromatic heterocycles. The molecule has 1 fully saturated rings. The van der Waals surface area contributed by atoms with Gasteiger partial charge in [0.25, 0.3) is 0 Å². The predicted molar refractivity (Wildman–Crippen MR) is 125 cm³/mol. The van der Waals surface area contributed by atoms with Crippen LogP contribution in [-0.2, 0) is 9.59 Å². The maximum atomic E-state index is 12.2. The highest BCUT2D eigenvalue weighted by Gasteiger charge is 2.15. The van der Waals surface area contributed by atoms with Gasteiger partial charge in [0.15, 0.2) is 0 Å². The number of carbonyl (C=O) groups is 2. The Balaban J connectivity index is 1.55. The number of halogens is 1. The number of nitrogens with one attached hydrogen (secondary N) is 1. The number of aliphatic carboxylic acids is 1. The van der Waals surface area contributed by atoms with Gasteiger partial charge >= 0.3 is 5.97 Å². The number of benzene rings is 2. The summed E-state index contributed by atoms with van der Waals surface area (Å²) < 4.78 is 6.67. The molecule has 1 amide bonds. The Morgan fingerprint density at radius 2 is 1.77 bits per heavy atom. The molecule has 0 spiro atoms. The number of amides is 1. The van der Waals surface area contributed by atoms with E-state index < -0.39 is 5.97 Å². The van der Waals surface area contributed by atoms with E-state index >= 15 is 0 Å². The zero-order valence-electron chi connectivity index (χ0n) is 17.5. The van der Waals surface area contributed by atoms with Crippen LogP contribution in [0.4, 0.5) is 0 Å². The summed E-state index contributed by atoms with van der Waals surface area (Å²) in [7, 11) is 0. The molecule has 0 aliphatic heterocycles. The fraction of sp³-hybridized carbons (Fsp3) is 0.360. The Labute approximate surface area is 191 Å². The highest BCUT2D eigenvalue weighted by Crippen LogP contribution is 2.29. The predicted octanol–water partition coefficient (Wildman–Crippen LogP) is 6.53. The first-order valence-corrected chi connectivity index (χ1v) is 11.6. The van der Waals surface area contributed by atoms with E-state index in [9.17, 15) is 14.7 Å². The van der Waals surface area contributed by atoms with Crippen molar-refractivity contribution >= 4 is 33.9 Å². The summed E-state index contributed by atoms with van der Waals surface area (Å²) in [6.07, 6.45) is 10.0. The Morgan fingerprint density at radius 1 is 1.06 bits per heavy atom. The minimum Gasteiger partial charge on any atom is -0.477 e. The van der Waals surface area contributed by atoms with Crippen LogP contribution >= 0.6 is 15.9 Å². The standard InChI is InChI=1S/C25H28BrNO4/c26-21-10-4-5-11-23(21)31-20-15-13-19(14-16-20)17-22(25(29)30)27-24(28)12-6-9-18-7-2-1-3-8-18/h4-5,10-11,13-18H,1-3,6-9,12H2,(H,27,28)(H,29,30)/b22-17+.